The summed E-state index contributed by atoms with van der Waals surface area (Å²) in [6.07, 6.45) is 0.632. The molecule has 1 fully saturated rings. The average Bonchev–Trinajstić information content (AvgIpc) is 2.67. The van der Waals surface area contributed by atoms with Crippen LogP contribution in [0.25, 0.3) is 0 Å². The second kappa shape index (κ2) is 6.89. The topological polar surface area (TPSA) is 69.6 Å². The van der Waals surface area contributed by atoms with E-state index in [1.807, 2.05) is 20.8 Å². The Hall–Kier alpha value is -1.10. The van der Waals surface area contributed by atoms with Crippen molar-refractivity contribution in [3.05, 3.63) is 0 Å². The van der Waals surface area contributed by atoms with Gasteiger partial charge in [0, 0.05) is 25.6 Å². The number of nitrogens with one attached hydrogen (secondary N) is 1. The van der Waals surface area contributed by atoms with Crippen molar-refractivity contribution >= 4 is 11.8 Å². The highest BCUT2D eigenvalue weighted by molar-refractivity contribution is 5.89. The molecule has 3 atom stereocenters. The molecule has 0 aromatic carbocycles. The summed E-state index contributed by atoms with van der Waals surface area (Å²) in [5, 5.41) is 12.1. The number of amides is 2. The predicted octanol–water partition coefficient (Wildman–Crippen LogP) is 0.766. The van der Waals surface area contributed by atoms with Gasteiger partial charge in [-0.15, -0.1) is 0 Å². The molecule has 1 aliphatic rings. The maximum atomic E-state index is 12.0. The second-order valence-corrected chi connectivity index (χ2v) is 5.98. The Bertz CT molecular complexity index is 329. The summed E-state index contributed by atoms with van der Waals surface area (Å²) in [6.45, 7) is 8.73. The van der Waals surface area contributed by atoms with E-state index in [1.54, 1.807) is 11.8 Å². The molecule has 0 radical (unpaired) electrons. The van der Waals surface area contributed by atoms with E-state index in [9.17, 15) is 14.7 Å². The molecule has 0 spiro atoms. The van der Waals surface area contributed by atoms with Crippen molar-refractivity contribution < 1.29 is 14.7 Å². The fourth-order valence-corrected chi connectivity index (χ4v) is 2.49. The zero-order valence-corrected chi connectivity index (χ0v) is 12.3. The minimum atomic E-state index is -0.351. The fourth-order valence-electron chi connectivity index (χ4n) is 2.49. The van der Waals surface area contributed by atoms with Gasteiger partial charge in [-0.2, -0.15) is 0 Å². The first-order valence-electron chi connectivity index (χ1n) is 7.06. The summed E-state index contributed by atoms with van der Waals surface area (Å²) in [6, 6.07) is 0.152. The summed E-state index contributed by atoms with van der Waals surface area (Å²) in [4.78, 5) is 25.5. The highest BCUT2D eigenvalue weighted by Crippen LogP contribution is 2.20. The van der Waals surface area contributed by atoms with Gasteiger partial charge >= 0.3 is 0 Å². The van der Waals surface area contributed by atoms with Crippen LogP contribution in [0, 0.1) is 11.8 Å². The van der Waals surface area contributed by atoms with E-state index in [0.29, 0.717) is 25.9 Å². The molecule has 1 rings (SSSR count). The number of aliphatic hydroxyl groups is 1. The van der Waals surface area contributed by atoms with E-state index in [0.717, 1.165) is 0 Å². The summed E-state index contributed by atoms with van der Waals surface area (Å²) >= 11 is 0. The van der Waals surface area contributed by atoms with Gasteiger partial charge in [0.15, 0.2) is 0 Å². The molecule has 5 heteroatoms. The number of hydrogen-bond acceptors (Lipinski definition) is 3. The number of aliphatic hydroxyl groups excluding tert-OH is 1. The Morgan fingerprint density at radius 1 is 1.42 bits per heavy atom. The average molecular weight is 270 g/mol. The van der Waals surface area contributed by atoms with Gasteiger partial charge in [0.1, 0.15) is 0 Å². The van der Waals surface area contributed by atoms with Gasteiger partial charge in [0.25, 0.3) is 0 Å². The third-order valence-electron chi connectivity index (χ3n) is 3.52. The lowest BCUT2D eigenvalue weighted by Crippen LogP contribution is -2.37. The van der Waals surface area contributed by atoms with E-state index in [2.05, 4.69) is 5.32 Å². The minimum absolute atomic E-state index is 0.0473. The first kappa shape index (κ1) is 16.0. The molecular weight excluding hydrogens is 244 g/mol. The van der Waals surface area contributed by atoms with Crippen LogP contribution in [-0.2, 0) is 9.59 Å². The van der Waals surface area contributed by atoms with Gasteiger partial charge < -0.3 is 15.3 Å². The third-order valence-corrected chi connectivity index (χ3v) is 3.52. The molecule has 5 nitrogen and oxygen atoms in total. The zero-order valence-electron chi connectivity index (χ0n) is 12.3. The molecule has 0 aliphatic carbocycles. The molecule has 2 N–H and O–H groups in total. The Morgan fingerprint density at radius 2 is 2.05 bits per heavy atom. The zero-order chi connectivity index (χ0) is 14.6. The van der Waals surface area contributed by atoms with Crippen molar-refractivity contribution in [2.75, 3.05) is 13.1 Å². The fraction of sp³-hybridized carbons (Fsp3) is 0.857. The standard InChI is InChI=1S/C14H26N2O3/c1-9(2)16-8-12(6-13(16)18)14(19)15-7-10(3)5-11(4)17/h9-12,17H,5-8H2,1-4H3,(H,15,19). The Balaban J connectivity index is 2.37. The first-order chi connectivity index (χ1) is 8.81. The van der Waals surface area contributed by atoms with Crippen LogP contribution in [-0.4, -0.2) is 47.1 Å². The van der Waals surface area contributed by atoms with Crippen molar-refractivity contribution in [1.29, 1.82) is 0 Å². The molecule has 2 amide bonds. The molecule has 0 bridgehead atoms. The van der Waals surface area contributed by atoms with Gasteiger partial charge in [-0.25, -0.2) is 0 Å². The number of hydrogen-bond donors (Lipinski definition) is 2. The number of nitrogens with zero attached hydrogens (tertiary/aromatic N) is 1. The Labute approximate surface area is 115 Å². The quantitative estimate of drug-likeness (QED) is 0.749. The highest BCUT2D eigenvalue weighted by Gasteiger charge is 2.35. The van der Waals surface area contributed by atoms with E-state index in [1.165, 1.54) is 0 Å². The van der Waals surface area contributed by atoms with Crippen molar-refractivity contribution in [2.24, 2.45) is 11.8 Å². The van der Waals surface area contributed by atoms with Crippen LogP contribution < -0.4 is 5.32 Å². The lowest BCUT2D eigenvalue weighted by Gasteiger charge is -2.21. The van der Waals surface area contributed by atoms with E-state index < -0.39 is 0 Å². The van der Waals surface area contributed by atoms with Crippen LogP contribution >= 0.6 is 0 Å². The van der Waals surface area contributed by atoms with Crippen molar-refractivity contribution in [1.82, 2.24) is 10.2 Å². The molecule has 0 saturated carbocycles. The second-order valence-electron chi connectivity index (χ2n) is 5.98. The van der Waals surface area contributed by atoms with Crippen molar-refractivity contribution in [3.8, 4) is 0 Å². The van der Waals surface area contributed by atoms with Gasteiger partial charge in [0.2, 0.25) is 11.8 Å². The SMILES string of the molecule is CC(O)CC(C)CNC(=O)C1CC(=O)N(C(C)C)C1. The first-order valence-corrected chi connectivity index (χ1v) is 7.06. The Kier molecular flexibility index (Phi) is 5.79. The summed E-state index contributed by atoms with van der Waals surface area (Å²) < 4.78 is 0. The summed E-state index contributed by atoms with van der Waals surface area (Å²) in [5.74, 6) is 0.0250. The lowest BCUT2D eigenvalue weighted by molar-refractivity contribution is -0.130. The summed E-state index contributed by atoms with van der Waals surface area (Å²) in [7, 11) is 0. The molecule has 3 unspecified atom stereocenters. The van der Waals surface area contributed by atoms with Crippen LogP contribution in [0.3, 0.4) is 0 Å². The van der Waals surface area contributed by atoms with Gasteiger partial charge in [0.05, 0.1) is 12.0 Å². The molecule has 0 aromatic rings. The molecule has 1 aliphatic heterocycles. The lowest BCUT2D eigenvalue weighted by atomic mass is 10.0. The minimum Gasteiger partial charge on any atom is -0.393 e. The maximum Gasteiger partial charge on any atom is 0.225 e. The monoisotopic (exact) mass is 270 g/mol. The molecular formula is C14H26N2O3. The molecule has 1 saturated heterocycles. The van der Waals surface area contributed by atoms with Gasteiger partial charge in [-0.05, 0) is 33.1 Å². The van der Waals surface area contributed by atoms with Crippen molar-refractivity contribution in [3.63, 3.8) is 0 Å². The smallest absolute Gasteiger partial charge is 0.225 e. The highest BCUT2D eigenvalue weighted by atomic mass is 16.3. The van der Waals surface area contributed by atoms with Crippen LogP contribution in [0.1, 0.15) is 40.5 Å². The molecule has 0 aromatic heterocycles. The normalized spacial score (nSPS) is 22.7. The predicted molar refractivity (Wildman–Crippen MR) is 73.4 cm³/mol. The maximum absolute atomic E-state index is 12.0. The largest absolute Gasteiger partial charge is 0.393 e. The van der Waals surface area contributed by atoms with Gasteiger partial charge in [-0.1, -0.05) is 6.92 Å². The number of likely N-dealkylation sites (tertiary alicyclic amines) is 1. The van der Waals surface area contributed by atoms with E-state index >= 15 is 0 Å². The number of rotatable bonds is 6. The third kappa shape index (κ3) is 4.82. The molecule has 110 valence electrons. The van der Waals surface area contributed by atoms with Crippen LogP contribution in [0.15, 0.2) is 0 Å². The van der Waals surface area contributed by atoms with Gasteiger partial charge in [-0.3, -0.25) is 9.59 Å². The van der Waals surface area contributed by atoms with Crippen LogP contribution in [0.5, 0.6) is 0 Å². The number of carbonyl (C=O) groups excluding carboxylic acids is 2. The van der Waals surface area contributed by atoms with Crippen LogP contribution in [0.4, 0.5) is 0 Å². The van der Waals surface area contributed by atoms with Crippen LogP contribution in [0.2, 0.25) is 0 Å². The summed E-state index contributed by atoms with van der Waals surface area (Å²) in [5.41, 5.74) is 0. The molecule has 1 heterocycles. The van der Waals surface area contributed by atoms with Crippen molar-refractivity contribution in [2.45, 2.75) is 52.7 Å². The molecule has 19 heavy (non-hydrogen) atoms. The van der Waals surface area contributed by atoms with E-state index in [4.69, 9.17) is 0 Å². The van der Waals surface area contributed by atoms with E-state index in [-0.39, 0.29) is 35.8 Å². The Morgan fingerprint density at radius 3 is 2.53 bits per heavy atom. The number of carbonyl (C=O) groups is 2.